The largest absolute Gasteiger partial charge is 0.338 e. The van der Waals surface area contributed by atoms with Gasteiger partial charge in [-0.25, -0.2) is 14.1 Å². The molecule has 0 spiro atoms. The van der Waals surface area contributed by atoms with Crippen molar-refractivity contribution in [1.82, 2.24) is 14.5 Å². The average Bonchev–Trinajstić information content (AvgIpc) is 3.20. The second kappa shape index (κ2) is 8.35. The Kier molecular flexibility index (Phi) is 5.92. The zero-order valence-electron chi connectivity index (χ0n) is 16.5. The fourth-order valence-electron chi connectivity index (χ4n) is 3.17. The van der Waals surface area contributed by atoms with Gasteiger partial charge in [0.25, 0.3) is 0 Å². The average molecular weight is 352 g/mol. The van der Waals surface area contributed by atoms with E-state index in [0.29, 0.717) is 0 Å². The topological polar surface area (TPSA) is 37.5 Å². The maximum Gasteiger partial charge on any atom is 0.244 e. The van der Waals surface area contributed by atoms with Gasteiger partial charge >= 0.3 is 0 Å². The highest BCUT2D eigenvalue weighted by Gasteiger charge is 2.11. The first-order valence-electron chi connectivity index (χ1n) is 9.85. The summed E-state index contributed by atoms with van der Waals surface area (Å²) in [6.45, 7) is 10.9. The lowest BCUT2D eigenvalue weighted by molar-refractivity contribution is -0.696. The SMILES string of the molecule is CCCCn1c[n+](CCCC)cc1/C=C/c1nc2cc(C)c(C)cc2[nH]1. The van der Waals surface area contributed by atoms with Gasteiger partial charge in [0.05, 0.1) is 24.1 Å². The zero-order valence-corrected chi connectivity index (χ0v) is 16.5. The fourth-order valence-corrected chi connectivity index (χ4v) is 3.17. The van der Waals surface area contributed by atoms with Gasteiger partial charge in [0.15, 0.2) is 5.69 Å². The predicted octanol–water partition coefficient (Wildman–Crippen LogP) is 5.04. The Labute approximate surface area is 156 Å². The molecule has 3 aromatic rings. The van der Waals surface area contributed by atoms with Gasteiger partial charge in [-0.3, -0.25) is 0 Å². The number of unbranched alkanes of at least 4 members (excludes halogenated alkanes) is 2. The molecule has 0 saturated carbocycles. The van der Waals surface area contributed by atoms with Crippen LogP contribution in [0.5, 0.6) is 0 Å². The van der Waals surface area contributed by atoms with Crippen molar-refractivity contribution in [3.05, 3.63) is 47.3 Å². The molecule has 0 amide bonds. The summed E-state index contributed by atoms with van der Waals surface area (Å²) in [7, 11) is 0. The van der Waals surface area contributed by atoms with E-state index in [0.717, 1.165) is 29.9 Å². The molecule has 0 saturated heterocycles. The van der Waals surface area contributed by atoms with Crippen LogP contribution < -0.4 is 4.57 Å². The molecule has 138 valence electrons. The number of rotatable bonds is 8. The molecule has 3 rings (SSSR count). The molecule has 0 aliphatic heterocycles. The minimum Gasteiger partial charge on any atom is -0.338 e. The van der Waals surface area contributed by atoms with E-state index in [4.69, 9.17) is 4.98 Å². The van der Waals surface area contributed by atoms with Crippen LogP contribution in [0.3, 0.4) is 0 Å². The Morgan fingerprint density at radius 2 is 1.85 bits per heavy atom. The van der Waals surface area contributed by atoms with Crippen molar-refractivity contribution in [3.8, 4) is 0 Å². The second-order valence-electron chi connectivity index (χ2n) is 7.22. The molecule has 1 N–H and O–H groups in total. The molecule has 2 heterocycles. The van der Waals surface area contributed by atoms with Crippen LogP contribution in [0.4, 0.5) is 0 Å². The number of hydrogen-bond donors (Lipinski definition) is 1. The number of aromatic nitrogens is 4. The summed E-state index contributed by atoms with van der Waals surface area (Å²) in [6.07, 6.45) is 13.6. The van der Waals surface area contributed by atoms with E-state index in [9.17, 15) is 0 Å². The molecule has 0 unspecified atom stereocenters. The van der Waals surface area contributed by atoms with Gasteiger partial charge < -0.3 is 4.98 Å². The maximum absolute atomic E-state index is 4.72. The molecule has 4 nitrogen and oxygen atoms in total. The molecule has 0 atom stereocenters. The summed E-state index contributed by atoms with van der Waals surface area (Å²) in [5.41, 5.74) is 5.95. The van der Waals surface area contributed by atoms with E-state index in [1.807, 2.05) is 0 Å². The third-order valence-corrected chi connectivity index (χ3v) is 4.97. The van der Waals surface area contributed by atoms with Crippen molar-refractivity contribution in [1.29, 1.82) is 0 Å². The number of H-pyrrole nitrogens is 1. The third kappa shape index (κ3) is 4.24. The predicted molar refractivity (Wildman–Crippen MR) is 109 cm³/mol. The Morgan fingerprint density at radius 1 is 1.08 bits per heavy atom. The lowest BCUT2D eigenvalue weighted by Crippen LogP contribution is -2.30. The first-order valence-corrected chi connectivity index (χ1v) is 9.85. The van der Waals surface area contributed by atoms with Crippen molar-refractivity contribution < 1.29 is 4.57 Å². The van der Waals surface area contributed by atoms with Crippen LogP contribution in [0.25, 0.3) is 23.2 Å². The van der Waals surface area contributed by atoms with E-state index >= 15 is 0 Å². The van der Waals surface area contributed by atoms with Crippen LogP contribution >= 0.6 is 0 Å². The van der Waals surface area contributed by atoms with Gasteiger partial charge in [0.1, 0.15) is 12.0 Å². The van der Waals surface area contributed by atoms with Crippen molar-refractivity contribution in [2.24, 2.45) is 0 Å². The fraction of sp³-hybridized carbons (Fsp3) is 0.455. The number of nitrogens with zero attached hydrogens (tertiary/aromatic N) is 3. The van der Waals surface area contributed by atoms with E-state index in [2.05, 4.69) is 78.6 Å². The summed E-state index contributed by atoms with van der Waals surface area (Å²) in [4.78, 5) is 8.14. The smallest absolute Gasteiger partial charge is 0.244 e. The highest BCUT2D eigenvalue weighted by atomic mass is 15.1. The van der Waals surface area contributed by atoms with E-state index in [-0.39, 0.29) is 0 Å². The Balaban J connectivity index is 1.85. The molecule has 4 heteroatoms. The van der Waals surface area contributed by atoms with Gasteiger partial charge in [-0.2, -0.15) is 0 Å². The first-order chi connectivity index (χ1) is 12.6. The molecule has 0 bridgehead atoms. The quantitative estimate of drug-likeness (QED) is 0.567. The number of hydrogen-bond acceptors (Lipinski definition) is 1. The standard InChI is InChI=1S/C22H31N4/c1-5-7-11-25-15-19(26(16-25)12-8-6-2)9-10-22-23-20-13-17(3)18(4)14-21(20)24-22/h9-10,13-16H,5-8,11-12H2,1-4H3,(H,23,24)/q+1/b10-9+. The molecule has 0 radical (unpaired) electrons. The monoisotopic (exact) mass is 351 g/mol. The number of imidazole rings is 2. The highest BCUT2D eigenvalue weighted by Crippen LogP contribution is 2.18. The maximum atomic E-state index is 4.72. The number of benzene rings is 1. The first kappa shape index (κ1) is 18.4. The summed E-state index contributed by atoms with van der Waals surface area (Å²) in [6, 6.07) is 4.33. The summed E-state index contributed by atoms with van der Waals surface area (Å²) in [5, 5.41) is 0. The lowest BCUT2D eigenvalue weighted by Gasteiger charge is -1.97. The van der Waals surface area contributed by atoms with Gasteiger partial charge in [-0.15, -0.1) is 0 Å². The minimum absolute atomic E-state index is 0.911. The van der Waals surface area contributed by atoms with Crippen LogP contribution in [0.1, 0.15) is 62.2 Å². The molecular weight excluding hydrogens is 320 g/mol. The molecule has 2 aromatic heterocycles. The van der Waals surface area contributed by atoms with Crippen molar-refractivity contribution in [2.45, 2.75) is 66.5 Å². The van der Waals surface area contributed by atoms with Gasteiger partial charge in [0.2, 0.25) is 6.33 Å². The number of aromatic amines is 1. The Hall–Kier alpha value is -2.36. The van der Waals surface area contributed by atoms with Gasteiger partial charge in [-0.05, 0) is 62.1 Å². The summed E-state index contributed by atoms with van der Waals surface area (Å²) < 4.78 is 4.66. The van der Waals surface area contributed by atoms with E-state index < -0.39 is 0 Å². The molecule has 0 aliphatic rings. The lowest BCUT2D eigenvalue weighted by atomic mass is 10.1. The summed E-state index contributed by atoms with van der Waals surface area (Å²) in [5.74, 6) is 0.911. The molecule has 1 aromatic carbocycles. The van der Waals surface area contributed by atoms with E-state index in [1.54, 1.807) is 0 Å². The highest BCUT2D eigenvalue weighted by molar-refractivity contribution is 5.80. The second-order valence-corrected chi connectivity index (χ2v) is 7.22. The zero-order chi connectivity index (χ0) is 18.5. The van der Waals surface area contributed by atoms with E-state index in [1.165, 1.54) is 42.5 Å². The van der Waals surface area contributed by atoms with Crippen molar-refractivity contribution in [2.75, 3.05) is 0 Å². The van der Waals surface area contributed by atoms with Crippen LogP contribution in [-0.4, -0.2) is 14.5 Å². The van der Waals surface area contributed by atoms with Crippen molar-refractivity contribution >= 4 is 23.2 Å². The van der Waals surface area contributed by atoms with Gasteiger partial charge in [0, 0.05) is 0 Å². The number of aryl methyl sites for hydroxylation is 4. The van der Waals surface area contributed by atoms with Gasteiger partial charge in [-0.1, -0.05) is 26.7 Å². The van der Waals surface area contributed by atoms with Crippen molar-refractivity contribution in [3.63, 3.8) is 0 Å². The van der Waals surface area contributed by atoms with Crippen LogP contribution in [0.2, 0.25) is 0 Å². The third-order valence-electron chi connectivity index (χ3n) is 4.97. The normalized spacial score (nSPS) is 11.8. The van der Waals surface area contributed by atoms with Crippen LogP contribution in [0, 0.1) is 13.8 Å². The molecule has 0 fully saturated rings. The van der Waals surface area contributed by atoms with Crippen LogP contribution in [-0.2, 0) is 13.1 Å². The Bertz CT molecular complexity index is 859. The number of fused-ring (bicyclic) bond motifs is 1. The molecule has 26 heavy (non-hydrogen) atoms. The minimum atomic E-state index is 0.911. The summed E-state index contributed by atoms with van der Waals surface area (Å²) >= 11 is 0. The Morgan fingerprint density at radius 3 is 2.62 bits per heavy atom. The molecule has 0 aliphatic carbocycles. The molecular formula is C22H31N4+. The van der Waals surface area contributed by atoms with Crippen LogP contribution in [0.15, 0.2) is 24.7 Å². The number of nitrogens with one attached hydrogen (secondary N) is 1.